The maximum Gasteiger partial charge on any atom is 0.243 e. The predicted octanol–water partition coefficient (Wildman–Crippen LogP) is 1.09. The summed E-state index contributed by atoms with van der Waals surface area (Å²) in [7, 11) is -2.17. The van der Waals surface area contributed by atoms with Crippen LogP contribution in [0.5, 0.6) is 0 Å². The molecule has 2 N–H and O–H groups in total. The second-order valence-corrected chi connectivity index (χ2v) is 6.82. The van der Waals surface area contributed by atoms with Gasteiger partial charge in [0.15, 0.2) is 0 Å². The standard InChI is InChI=1S/C15H19N3O2S/c1-12(10-17)11-18(3)21(19,20)15-9-14(5-4-8-16)7-6-13(15)2/h6-7,9,12H,8,11,16H2,1-3H3. The maximum absolute atomic E-state index is 12.6. The maximum atomic E-state index is 12.6. The highest BCUT2D eigenvalue weighted by molar-refractivity contribution is 7.89. The lowest BCUT2D eigenvalue weighted by atomic mass is 10.1. The van der Waals surface area contributed by atoms with Crippen molar-refractivity contribution in [3.05, 3.63) is 29.3 Å². The summed E-state index contributed by atoms with van der Waals surface area (Å²) in [6, 6.07) is 7.05. The molecule has 0 aliphatic heterocycles. The fourth-order valence-electron chi connectivity index (χ4n) is 1.80. The molecule has 5 nitrogen and oxygen atoms in total. The van der Waals surface area contributed by atoms with Crippen LogP contribution in [0.1, 0.15) is 18.1 Å². The van der Waals surface area contributed by atoms with Crippen LogP contribution in [-0.4, -0.2) is 32.9 Å². The smallest absolute Gasteiger partial charge is 0.243 e. The number of hydrogen-bond acceptors (Lipinski definition) is 4. The van der Waals surface area contributed by atoms with E-state index in [1.807, 2.05) is 6.07 Å². The Morgan fingerprint density at radius 2 is 2.10 bits per heavy atom. The SMILES string of the molecule is Cc1ccc(C#CCN)cc1S(=O)(=O)N(C)CC(C)C#N. The fourth-order valence-corrected chi connectivity index (χ4v) is 3.31. The van der Waals surface area contributed by atoms with Gasteiger partial charge in [-0.1, -0.05) is 17.9 Å². The predicted molar refractivity (Wildman–Crippen MR) is 81.7 cm³/mol. The van der Waals surface area contributed by atoms with Crippen LogP contribution in [0.2, 0.25) is 0 Å². The van der Waals surface area contributed by atoms with E-state index in [-0.39, 0.29) is 23.9 Å². The first-order chi connectivity index (χ1) is 9.82. The van der Waals surface area contributed by atoms with Gasteiger partial charge in [0.1, 0.15) is 0 Å². The van der Waals surface area contributed by atoms with Crippen LogP contribution in [0.25, 0.3) is 0 Å². The summed E-state index contributed by atoms with van der Waals surface area (Å²) in [5.74, 6) is 5.15. The first-order valence-electron chi connectivity index (χ1n) is 6.48. The summed E-state index contributed by atoms with van der Waals surface area (Å²) < 4.78 is 26.3. The van der Waals surface area contributed by atoms with Crippen LogP contribution >= 0.6 is 0 Å². The molecular formula is C15H19N3O2S. The molecule has 0 bridgehead atoms. The van der Waals surface area contributed by atoms with E-state index in [1.165, 1.54) is 11.4 Å². The van der Waals surface area contributed by atoms with Crippen molar-refractivity contribution in [3.8, 4) is 17.9 Å². The third-order valence-electron chi connectivity index (χ3n) is 2.96. The van der Waals surface area contributed by atoms with E-state index in [9.17, 15) is 8.42 Å². The number of benzene rings is 1. The second kappa shape index (κ2) is 7.24. The zero-order chi connectivity index (χ0) is 16.0. The highest BCUT2D eigenvalue weighted by Gasteiger charge is 2.24. The van der Waals surface area contributed by atoms with Gasteiger partial charge in [-0.2, -0.15) is 9.57 Å². The van der Waals surface area contributed by atoms with Gasteiger partial charge in [-0.15, -0.1) is 0 Å². The molecule has 1 aromatic rings. The molecule has 0 spiro atoms. The van der Waals surface area contributed by atoms with E-state index in [1.54, 1.807) is 32.0 Å². The molecule has 0 fully saturated rings. The van der Waals surface area contributed by atoms with E-state index in [0.29, 0.717) is 11.1 Å². The zero-order valence-corrected chi connectivity index (χ0v) is 13.2. The Hall–Kier alpha value is -1.86. The molecule has 1 aromatic carbocycles. The number of nitrogens with two attached hydrogens (primary N) is 1. The summed E-state index contributed by atoms with van der Waals surface area (Å²) in [6.07, 6.45) is 0. The number of nitrogens with zero attached hydrogens (tertiary/aromatic N) is 2. The molecule has 21 heavy (non-hydrogen) atoms. The van der Waals surface area contributed by atoms with E-state index < -0.39 is 10.0 Å². The van der Waals surface area contributed by atoms with Crippen LogP contribution in [0.3, 0.4) is 0 Å². The van der Waals surface area contributed by atoms with Crippen molar-refractivity contribution in [2.24, 2.45) is 11.7 Å². The second-order valence-electron chi connectivity index (χ2n) is 4.80. The Morgan fingerprint density at radius 3 is 2.67 bits per heavy atom. The van der Waals surface area contributed by atoms with Crippen molar-refractivity contribution in [2.75, 3.05) is 20.1 Å². The van der Waals surface area contributed by atoms with Gasteiger partial charge in [0.25, 0.3) is 0 Å². The normalized spacial score (nSPS) is 12.4. The van der Waals surface area contributed by atoms with E-state index >= 15 is 0 Å². The Kier molecular flexibility index (Phi) is 5.92. The van der Waals surface area contributed by atoms with E-state index in [0.717, 1.165) is 0 Å². The summed E-state index contributed by atoms with van der Waals surface area (Å²) in [5, 5.41) is 8.81. The minimum atomic E-state index is -3.64. The summed E-state index contributed by atoms with van der Waals surface area (Å²) in [4.78, 5) is 0.207. The third kappa shape index (κ3) is 4.30. The molecular weight excluding hydrogens is 286 g/mol. The van der Waals surface area contributed by atoms with E-state index in [4.69, 9.17) is 11.0 Å². The molecule has 0 saturated carbocycles. The summed E-state index contributed by atoms with van der Waals surface area (Å²) >= 11 is 0. The Labute approximate surface area is 126 Å². The van der Waals surface area contributed by atoms with Gasteiger partial charge in [-0.25, -0.2) is 8.42 Å². The fraction of sp³-hybridized carbons (Fsp3) is 0.400. The lowest BCUT2D eigenvalue weighted by Crippen LogP contribution is -2.31. The van der Waals surface area contributed by atoms with Crippen LogP contribution in [0.15, 0.2) is 23.1 Å². The highest BCUT2D eigenvalue weighted by Crippen LogP contribution is 2.21. The molecule has 112 valence electrons. The molecule has 0 heterocycles. The Bertz CT molecular complexity index is 709. The zero-order valence-electron chi connectivity index (χ0n) is 12.4. The molecule has 0 aliphatic rings. The van der Waals surface area contributed by atoms with Gasteiger partial charge in [0.05, 0.1) is 23.4 Å². The van der Waals surface area contributed by atoms with Crippen molar-refractivity contribution >= 4 is 10.0 Å². The largest absolute Gasteiger partial charge is 0.320 e. The van der Waals surface area contributed by atoms with Crippen LogP contribution in [0.4, 0.5) is 0 Å². The number of hydrogen-bond donors (Lipinski definition) is 1. The van der Waals surface area contributed by atoms with Crippen molar-refractivity contribution < 1.29 is 8.42 Å². The topological polar surface area (TPSA) is 87.2 Å². The number of nitriles is 1. The van der Waals surface area contributed by atoms with Crippen molar-refractivity contribution in [2.45, 2.75) is 18.7 Å². The molecule has 0 aromatic heterocycles. The molecule has 1 atom stereocenters. The Morgan fingerprint density at radius 1 is 1.43 bits per heavy atom. The van der Waals surface area contributed by atoms with Gasteiger partial charge in [-0.05, 0) is 31.5 Å². The summed E-state index contributed by atoms with van der Waals surface area (Å²) in [6.45, 7) is 3.78. The average molecular weight is 305 g/mol. The first-order valence-corrected chi connectivity index (χ1v) is 7.92. The molecule has 0 radical (unpaired) electrons. The van der Waals surface area contributed by atoms with Crippen molar-refractivity contribution in [3.63, 3.8) is 0 Å². The lowest BCUT2D eigenvalue weighted by Gasteiger charge is -2.19. The molecule has 0 aliphatic carbocycles. The molecule has 1 unspecified atom stereocenters. The lowest BCUT2D eigenvalue weighted by molar-refractivity contribution is 0.439. The monoisotopic (exact) mass is 305 g/mol. The molecule has 6 heteroatoms. The van der Waals surface area contributed by atoms with Gasteiger partial charge in [0, 0.05) is 19.2 Å². The van der Waals surface area contributed by atoms with Gasteiger partial charge >= 0.3 is 0 Å². The van der Waals surface area contributed by atoms with Crippen LogP contribution < -0.4 is 5.73 Å². The van der Waals surface area contributed by atoms with E-state index in [2.05, 4.69) is 11.8 Å². The van der Waals surface area contributed by atoms with Gasteiger partial charge in [-0.3, -0.25) is 0 Å². The van der Waals surface area contributed by atoms with Crippen LogP contribution in [0, 0.1) is 36.0 Å². The number of sulfonamides is 1. The third-order valence-corrected chi connectivity index (χ3v) is 4.93. The molecule has 0 saturated heterocycles. The number of aryl methyl sites for hydroxylation is 1. The van der Waals surface area contributed by atoms with Crippen molar-refractivity contribution in [1.82, 2.24) is 4.31 Å². The highest BCUT2D eigenvalue weighted by atomic mass is 32.2. The van der Waals surface area contributed by atoms with Crippen LogP contribution in [-0.2, 0) is 10.0 Å². The van der Waals surface area contributed by atoms with Crippen molar-refractivity contribution in [1.29, 1.82) is 5.26 Å². The summed E-state index contributed by atoms with van der Waals surface area (Å²) in [5.41, 5.74) is 6.56. The molecule has 0 amide bonds. The average Bonchev–Trinajstić information content (AvgIpc) is 2.45. The Balaban J connectivity index is 3.22. The van der Waals surface area contributed by atoms with Gasteiger partial charge in [0.2, 0.25) is 10.0 Å². The minimum absolute atomic E-state index is 0.150. The molecule has 1 rings (SSSR count). The number of rotatable bonds is 4. The minimum Gasteiger partial charge on any atom is -0.320 e. The quantitative estimate of drug-likeness (QED) is 0.843. The van der Waals surface area contributed by atoms with Gasteiger partial charge < -0.3 is 5.73 Å². The first kappa shape index (κ1) is 17.2.